The fourth-order valence-corrected chi connectivity index (χ4v) is 2.35. The molecule has 1 amide bonds. The van der Waals surface area contributed by atoms with Gasteiger partial charge >= 0.3 is 0 Å². The van der Waals surface area contributed by atoms with Gasteiger partial charge in [-0.1, -0.05) is 35.3 Å². The Morgan fingerprint density at radius 2 is 1.50 bits per heavy atom. The summed E-state index contributed by atoms with van der Waals surface area (Å²) in [6.45, 7) is 0. The van der Waals surface area contributed by atoms with Crippen molar-refractivity contribution >= 4 is 29.1 Å². The minimum Gasteiger partial charge on any atom is -0.364 e. The normalized spacial score (nSPS) is 10.6. The summed E-state index contributed by atoms with van der Waals surface area (Å²) in [6.07, 6.45) is 0. The Labute approximate surface area is 137 Å². The lowest BCUT2D eigenvalue weighted by Crippen LogP contribution is -2.16. The Morgan fingerprint density at radius 1 is 0.955 bits per heavy atom. The largest absolute Gasteiger partial charge is 0.364 e. The molecule has 1 heterocycles. The van der Waals surface area contributed by atoms with Crippen LogP contribution in [0.3, 0.4) is 0 Å². The number of nitrogens with zero attached hydrogens (tertiary/aromatic N) is 2. The molecule has 3 aromatic rings. The van der Waals surface area contributed by atoms with E-state index in [4.69, 9.17) is 28.9 Å². The van der Waals surface area contributed by atoms with Gasteiger partial charge in [-0.2, -0.15) is 5.10 Å². The number of carbonyl (C=O) groups excluding carboxylic acids is 1. The summed E-state index contributed by atoms with van der Waals surface area (Å²) >= 11 is 11.8. The molecule has 110 valence electrons. The predicted octanol–water partition coefficient (Wildman–Crippen LogP) is 3.95. The van der Waals surface area contributed by atoms with E-state index in [1.165, 1.54) is 4.68 Å². The number of primary amides is 1. The first-order valence-electron chi connectivity index (χ1n) is 6.46. The smallest absolute Gasteiger partial charge is 0.267 e. The van der Waals surface area contributed by atoms with Gasteiger partial charge in [0.25, 0.3) is 5.91 Å². The van der Waals surface area contributed by atoms with Gasteiger partial charge in [0.15, 0.2) is 0 Å². The number of rotatable bonds is 3. The fourth-order valence-electron chi connectivity index (χ4n) is 2.10. The van der Waals surface area contributed by atoms with Gasteiger partial charge in [-0.15, -0.1) is 0 Å². The van der Waals surface area contributed by atoms with E-state index < -0.39 is 5.91 Å². The molecule has 1 aromatic heterocycles. The topological polar surface area (TPSA) is 60.9 Å². The van der Waals surface area contributed by atoms with Crippen LogP contribution in [-0.4, -0.2) is 15.7 Å². The molecule has 0 saturated heterocycles. The summed E-state index contributed by atoms with van der Waals surface area (Å²) in [5, 5.41) is 5.70. The standard InChI is InChI=1S/C16H11Cl2N3O/c17-11-3-1-10(2-4-11)14-9-15(16(19)22)21(20-14)13-7-5-12(18)6-8-13/h1-9H,(H2,19,22). The molecule has 2 N–H and O–H groups in total. The summed E-state index contributed by atoms with van der Waals surface area (Å²) in [5.41, 5.74) is 7.94. The van der Waals surface area contributed by atoms with Crippen molar-refractivity contribution in [3.63, 3.8) is 0 Å². The van der Waals surface area contributed by atoms with Crippen LogP contribution in [-0.2, 0) is 0 Å². The highest BCUT2D eigenvalue weighted by Gasteiger charge is 2.15. The number of halogens is 2. The lowest BCUT2D eigenvalue weighted by molar-refractivity contribution is 0.0993. The molecule has 0 aliphatic rings. The van der Waals surface area contributed by atoms with Crippen LogP contribution in [0, 0.1) is 0 Å². The van der Waals surface area contributed by atoms with Crippen LogP contribution in [0.2, 0.25) is 10.0 Å². The number of benzene rings is 2. The van der Waals surface area contributed by atoms with Crippen LogP contribution in [0.25, 0.3) is 16.9 Å². The molecule has 0 spiro atoms. The maximum absolute atomic E-state index is 11.7. The van der Waals surface area contributed by atoms with E-state index in [0.717, 1.165) is 5.56 Å². The first kappa shape index (κ1) is 14.6. The Balaban J connectivity index is 2.11. The highest BCUT2D eigenvalue weighted by molar-refractivity contribution is 6.30. The molecule has 0 aliphatic heterocycles. The van der Waals surface area contributed by atoms with Crippen molar-refractivity contribution < 1.29 is 4.79 Å². The maximum atomic E-state index is 11.7. The van der Waals surface area contributed by atoms with Crippen molar-refractivity contribution in [3.8, 4) is 16.9 Å². The lowest BCUT2D eigenvalue weighted by atomic mass is 10.1. The molecular weight excluding hydrogens is 321 g/mol. The molecule has 4 nitrogen and oxygen atoms in total. The second-order valence-electron chi connectivity index (χ2n) is 4.67. The molecule has 0 atom stereocenters. The molecule has 22 heavy (non-hydrogen) atoms. The van der Waals surface area contributed by atoms with Crippen molar-refractivity contribution in [2.24, 2.45) is 5.73 Å². The fraction of sp³-hybridized carbons (Fsp3) is 0. The first-order chi connectivity index (χ1) is 10.5. The summed E-state index contributed by atoms with van der Waals surface area (Å²) in [7, 11) is 0. The Bertz CT molecular complexity index is 824. The average molecular weight is 332 g/mol. The van der Waals surface area contributed by atoms with Crippen LogP contribution in [0.4, 0.5) is 0 Å². The first-order valence-corrected chi connectivity index (χ1v) is 7.22. The van der Waals surface area contributed by atoms with Crippen molar-refractivity contribution in [2.75, 3.05) is 0 Å². The molecule has 0 fully saturated rings. The van der Waals surface area contributed by atoms with Gasteiger partial charge in [0, 0.05) is 15.6 Å². The molecule has 0 aliphatic carbocycles. The lowest BCUT2D eigenvalue weighted by Gasteiger charge is -2.04. The third kappa shape index (κ3) is 2.84. The maximum Gasteiger partial charge on any atom is 0.267 e. The molecule has 3 rings (SSSR count). The average Bonchev–Trinajstić information content (AvgIpc) is 2.94. The Hall–Kier alpha value is -2.30. The zero-order chi connectivity index (χ0) is 15.7. The zero-order valence-corrected chi connectivity index (χ0v) is 12.8. The van der Waals surface area contributed by atoms with E-state index in [2.05, 4.69) is 5.10 Å². The van der Waals surface area contributed by atoms with Crippen LogP contribution in [0.1, 0.15) is 10.5 Å². The number of hydrogen-bond donors (Lipinski definition) is 1. The van der Waals surface area contributed by atoms with E-state index in [9.17, 15) is 4.79 Å². The van der Waals surface area contributed by atoms with E-state index in [1.807, 2.05) is 12.1 Å². The van der Waals surface area contributed by atoms with E-state index in [0.29, 0.717) is 27.1 Å². The molecular formula is C16H11Cl2N3O. The highest BCUT2D eigenvalue weighted by Crippen LogP contribution is 2.23. The van der Waals surface area contributed by atoms with E-state index in [1.54, 1.807) is 42.5 Å². The minimum atomic E-state index is -0.553. The van der Waals surface area contributed by atoms with Gasteiger partial charge in [0.1, 0.15) is 5.69 Å². The van der Waals surface area contributed by atoms with Gasteiger partial charge in [0.2, 0.25) is 0 Å². The SMILES string of the molecule is NC(=O)c1cc(-c2ccc(Cl)cc2)nn1-c1ccc(Cl)cc1. The monoisotopic (exact) mass is 331 g/mol. The predicted molar refractivity (Wildman–Crippen MR) is 87.5 cm³/mol. The Kier molecular flexibility index (Phi) is 3.88. The Morgan fingerprint density at radius 3 is 2.05 bits per heavy atom. The van der Waals surface area contributed by atoms with Crippen LogP contribution >= 0.6 is 23.2 Å². The van der Waals surface area contributed by atoms with Crippen molar-refractivity contribution in [1.29, 1.82) is 0 Å². The van der Waals surface area contributed by atoms with Gasteiger partial charge in [-0.25, -0.2) is 4.68 Å². The molecule has 0 saturated carbocycles. The molecule has 0 unspecified atom stereocenters. The molecule has 0 bridgehead atoms. The second kappa shape index (κ2) is 5.83. The summed E-state index contributed by atoms with van der Waals surface area (Å²) in [6, 6.07) is 15.9. The summed E-state index contributed by atoms with van der Waals surface area (Å²) in [4.78, 5) is 11.7. The molecule has 6 heteroatoms. The number of carbonyl (C=O) groups is 1. The zero-order valence-electron chi connectivity index (χ0n) is 11.3. The van der Waals surface area contributed by atoms with Gasteiger partial charge in [0.05, 0.1) is 11.4 Å². The summed E-state index contributed by atoms with van der Waals surface area (Å²) < 4.78 is 1.50. The van der Waals surface area contributed by atoms with Crippen LogP contribution in [0.15, 0.2) is 54.6 Å². The molecule has 0 radical (unpaired) electrons. The highest BCUT2D eigenvalue weighted by atomic mass is 35.5. The quantitative estimate of drug-likeness (QED) is 0.789. The third-order valence-electron chi connectivity index (χ3n) is 3.17. The third-order valence-corrected chi connectivity index (χ3v) is 3.68. The number of hydrogen-bond acceptors (Lipinski definition) is 2. The minimum absolute atomic E-state index is 0.298. The second-order valence-corrected chi connectivity index (χ2v) is 5.55. The van der Waals surface area contributed by atoms with Gasteiger partial charge in [-0.05, 0) is 42.5 Å². The molecule has 2 aromatic carbocycles. The van der Waals surface area contributed by atoms with Crippen molar-refractivity contribution in [1.82, 2.24) is 9.78 Å². The van der Waals surface area contributed by atoms with Crippen molar-refractivity contribution in [3.05, 3.63) is 70.3 Å². The van der Waals surface area contributed by atoms with E-state index >= 15 is 0 Å². The van der Waals surface area contributed by atoms with Crippen LogP contribution < -0.4 is 5.73 Å². The van der Waals surface area contributed by atoms with Gasteiger partial charge < -0.3 is 5.73 Å². The van der Waals surface area contributed by atoms with Crippen LogP contribution in [0.5, 0.6) is 0 Å². The number of aromatic nitrogens is 2. The van der Waals surface area contributed by atoms with Gasteiger partial charge in [-0.3, -0.25) is 4.79 Å². The number of nitrogens with two attached hydrogens (primary N) is 1. The summed E-state index contributed by atoms with van der Waals surface area (Å²) in [5.74, 6) is -0.553. The van der Waals surface area contributed by atoms with E-state index in [-0.39, 0.29) is 0 Å². The number of amides is 1. The van der Waals surface area contributed by atoms with Crippen molar-refractivity contribution in [2.45, 2.75) is 0 Å².